The van der Waals surface area contributed by atoms with Gasteiger partial charge in [-0.2, -0.15) is 0 Å². The Balaban J connectivity index is 1.29. The first-order valence-electron chi connectivity index (χ1n) is 12.8. The van der Waals surface area contributed by atoms with Crippen molar-refractivity contribution in [2.75, 3.05) is 7.11 Å². The minimum Gasteiger partial charge on any atom is -0.449 e. The summed E-state index contributed by atoms with van der Waals surface area (Å²) in [5, 5.41) is 0. The molecular formula is C30H36O6. The molecule has 0 aliphatic carbocycles. The highest BCUT2D eigenvalue weighted by Crippen LogP contribution is 2.45. The minimum atomic E-state index is -0.865. The fourth-order valence-electron chi connectivity index (χ4n) is 5.28. The molecule has 1 saturated heterocycles. The number of ether oxygens (including phenoxy) is 6. The summed E-state index contributed by atoms with van der Waals surface area (Å²) in [4.78, 5) is 0. The van der Waals surface area contributed by atoms with E-state index in [0.29, 0.717) is 19.4 Å². The van der Waals surface area contributed by atoms with Crippen LogP contribution in [0.2, 0.25) is 0 Å². The molecule has 1 spiro atoms. The number of benzene rings is 2. The number of rotatable bonds is 8. The molecule has 0 saturated carbocycles. The van der Waals surface area contributed by atoms with Crippen LogP contribution in [0.5, 0.6) is 11.5 Å². The van der Waals surface area contributed by atoms with Crippen LogP contribution in [0, 0.1) is 5.92 Å². The number of para-hydroxylation sites is 2. The Morgan fingerprint density at radius 1 is 1.06 bits per heavy atom. The van der Waals surface area contributed by atoms with E-state index in [4.69, 9.17) is 28.4 Å². The number of hydrogen-bond acceptors (Lipinski definition) is 6. The van der Waals surface area contributed by atoms with Gasteiger partial charge in [-0.15, -0.1) is 6.58 Å². The van der Waals surface area contributed by atoms with Crippen molar-refractivity contribution in [3.63, 3.8) is 0 Å². The molecule has 5 rings (SSSR count). The Morgan fingerprint density at radius 3 is 2.42 bits per heavy atom. The summed E-state index contributed by atoms with van der Waals surface area (Å²) >= 11 is 0. The minimum absolute atomic E-state index is 0.127. The van der Waals surface area contributed by atoms with Gasteiger partial charge in [0, 0.05) is 26.4 Å². The molecule has 36 heavy (non-hydrogen) atoms. The van der Waals surface area contributed by atoms with E-state index in [1.807, 2.05) is 61.5 Å². The lowest BCUT2D eigenvalue weighted by Gasteiger charge is -2.48. The third-order valence-corrected chi connectivity index (χ3v) is 7.29. The smallest absolute Gasteiger partial charge is 0.251 e. The van der Waals surface area contributed by atoms with Gasteiger partial charge in [0.05, 0.1) is 25.2 Å². The Morgan fingerprint density at radius 2 is 1.75 bits per heavy atom. The zero-order valence-corrected chi connectivity index (χ0v) is 21.3. The molecule has 3 heterocycles. The van der Waals surface area contributed by atoms with Crippen LogP contribution in [-0.4, -0.2) is 43.1 Å². The lowest BCUT2D eigenvalue weighted by Crippen LogP contribution is -2.56. The van der Waals surface area contributed by atoms with Crippen LogP contribution in [0.3, 0.4) is 0 Å². The van der Waals surface area contributed by atoms with Gasteiger partial charge in [0.15, 0.2) is 17.3 Å². The van der Waals surface area contributed by atoms with Crippen molar-refractivity contribution in [3.05, 3.63) is 85.0 Å². The second-order valence-corrected chi connectivity index (χ2v) is 10.1. The maximum atomic E-state index is 6.72. The van der Waals surface area contributed by atoms with Crippen molar-refractivity contribution in [2.24, 2.45) is 5.92 Å². The maximum absolute atomic E-state index is 6.72. The zero-order chi connectivity index (χ0) is 25.2. The maximum Gasteiger partial charge on any atom is 0.251 e. The van der Waals surface area contributed by atoms with Gasteiger partial charge in [0.25, 0.3) is 5.79 Å². The molecule has 0 amide bonds. The Labute approximate surface area is 213 Å². The first-order valence-corrected chi connectivity index (χ1v) is 12.8. The highest BCUT2D eigenvalue weighted by atomic mass is 16.7. The number of fused-ring (bicyclic) bond motifs is 1. The third-order valence-electron chi connectivity index (χ3n) is 7.29. The molecule has 0 aromatic heterocycles. The van der Waals surface area contributed by atoms with Crippen LogP contribution in [0.15, 0.2) is 79.4 Å². The Bertz CT molecular complexity index is 1040. The second-order valence-electron chi connectivity index (χ2n) is 10.1. The van der Waals surface area contributed by atoms with Crippen molar-refractivity contribution in [1.82, 2.24) is 0 Å². The standard InChI is InChI=1S/C30H36O6/c1-5-23(32-20-22-11-7-6-8-12-22)28-26(31-4)16-18-30(36-28)17-15-21(2)27(35-30)19-29(3)33-24-13-9-10-14-25(24)34-29/h5-15,17,21,23,26-28H,1,16,18-20H2,2-4H3/t21-,23-,26-,27+,28+,30-/m0/s1. The van der Waals surface area contributed by atoms with E-state index in [1.165, 1.54) is 0 Å². The number of methoxy groups -OCH3 is 1. The van der Waals surface area contributed by atoms with Crippen molar-refractivity contribution < 1.29 is 28.4 Å². The molecule has 0 radical (unpaired) electrons. The lowest BCUT2D eigenvalue weighted by atomic mass is 9.89. The summed E-state index contributed by atoms with van der Waals surface area (Å²) in [5.74, 6) is 0.0246. The van der Waals surface area contributed by atoms with Gasteiger partial charge in [-0.1, -0.05) is 61.5 Å². The monoisotopic (exact) mass is 492 g/mol. The first-order chi connectivity index (χ1) is 17.4. The van der Waals surface area contributed by atoms with E-state index >= 15 is 0 Å². The summed E-state index contributed by atoms with van der Waals surface area (Å²) in [6.07, 6.45) is 7.06. The molecule has 0 bridgehead atoms. The molecule has 0 N–H and O–H groups in total. The number of hydrogen-bond donors (Lipinski definition) is 0. The summed E-state index contributed by atoms with van der Waals surface area (Å²) in [6.45, 7) is 8.59. The summed E-state index contributed by atoms with van der Waals surface area (Å²) in [7, 11) is 1.71. The predicted molar refractivity (Wildman–Crippen MR) is 137 cm³/mol. The highest BCUT2D eigenvalue weighted by Gasteiger charge is 2.49. The van der Waals surface area contributed by atoms with Crippen LogP contribution in [0.25, 0.3) is 0 Å². The highest BCUT2D eigenvalue weighted by molar-refractivity contribution is 5.42. The van der Waals surface area contributed by atoms with Gasteiger partial charge in [-0.25, -0.2) is 0 Å². The van der Waals surface area contributed by atoms with Crippen molar-refractivity contribution in [2.45, 2.75) is 75.7 Å². The van der Waals surface area contributed by atoms with E-state index in [1.54, 1.807) is 13.2 Å². The summed E-state index contributed by atoms with van der Waals surface area (Å²) in [6, 6.07) is 17.8. The molecule has 6 heteroatoms. The van der Waals surface area contributed by atoms with E-state index in [0.717, 1.165) is 23.5 Å². The molecule has 1 fully saturated rings. The molecule has 3 aliphatic heterocycles. The fourth-order valence-corrected chi connectivity index (χ4v) is 5.28. The van der Waals surface area contributed by atoms with Crippen molar-refractivity contribution in [1.29, 1.82) is 0 Å². The van der Waals surface area contributed by atoms with Gasteiger partial charge in [-0.3, -0.25) is 0 Å². The van der Waals surface area contributed by atoms with Crippen LogP contribution in [0.1, 0.15) is 38.7 Å². The zero-order valence-electron chi connectivity index (χ0n) is 21.3. The predicted octanol–water partition coefficient (Wildman–Crippen LogP) is 5.82. The second kappa shape index (κ2) is 10.4. The summed E-state index contributed by atoms with van der Waals surface area (Å²) in [5.41, 5.74) is 1.09. The molecule has 0 unspecified atom stereocenters. The van der Waals surface area contributed by atoms with Gasteiger partial charge < -0.3 is 28.4 Å². The van der Waals surface area contributed by atoms with Crippen LogP contribution >= 0.6 is 0 Å². The van der Waals surface area contributed by atoms with E-state index < -0.39 is 11.6 Å². The molecule has 192 valence electrons. The van der Waals surface area contributed by atoms with Crippen LogP contribution in [-0.2, 0) is 25.6 Å². The first kappa shape index (κ1) is 25.0. The molecule has 2 aromatic carbocycles. The Kier molecular flexibility index (Phi) is 7.22. The Hall–Kier alpha value is -2.64. The van der Waals surface area contributed by atoms with E-state index in [2.05, 4.69) is 25.7 Å². The van der Waals surface area contributed by atoms with Crippen LogP contribution in [0.4, 0.5) is 0 Å². The largest absolute Gasteiger partial charge is 0.449 e. The van der Waals surface area contributed by atoms with Gasteiger partial charge in [0.1, 0.15) is 12.2 Å². The van der Waals surface area contributed by atoms with E-state index in [-0.39, 0.29) is 30.3 Å². The fraction of sp³-hybridized carbons (Fsp3) is 0.467. The van der Waals surface area contributed by atoms with Crippen LogP contribution < -0.4 is 9.47 Å². The molecule has 3 aliphatic rings. The molecule has 6 nitrogen and oxygen atoms in total. The van der Waals surface area contributed by atoms with E-state index in [9.17, 15) is 0 Å². The SMILES string of the molecule is C=C[C@H](OCc1ccccc1)[C@H]1O[C@@]2(C=C[C@H](C)[C@@H](CC3(C)Oc4ccccc4O3)O2)CC[C@@H]1OC. The summed E-state index contributed by atoms with van der Waals surface area (Å²) < 4.78 is 37.8. The molecular weight excluding hydrogens is 456 g/mol. The molecule has 2 aromatic rings. The molecule has 6 atom stereocenters. The van der Waals surface area contributed by atoms with Gasteiger partial charge >= 0.3 is 0 Å². The lowest BCUT2D eigenvalue weighted by molar-refractivity contribution is -0.316. The average Bonchev–Trinajstić information content (AvgIpc) is 3.23. The normalized spacial score (nSPS) is 31.3. The topological polar surface area (TPSA) is 55.4 Å². The average molecular weight is 493 g/mol. The van der Waals surface area contributed by atoms with Crippen molar-refractivity contribution in [3.8, 4) is 11.5 Å². The quantitative estimate of drug-likeness (QED) is 0.433. The van der Waals surface area contributed by atoms with Gasteiger partial charge in [-0.05, 0) is 30.2 Å². The third kappa shape index (κ3) is 5.23. The van der Waals surface area contributed by atoms with Gasteiger partial charge in [0.2, 0.25) is 0 Å². The van der Waals surface area contributed by atoms with Crippen molar-refractivity contribution >= 4 is 0 Å².